The van der Waals surface area contributed by atoms with Crippen LogP contribution in [0.5, 0.6) is 0 Å². The molecule has 312 valence electrons. The Labute approximate surface area is 353 Å². The Hall–Kier alpha value is 1.32. The minimum atomic E-state index is 0.685. The molecule has 0 aromatic carbocycles. The van der Waals surface area contributed by atoms with Gasteiger partial charge in [0.1, 0.15) is 0 Å². The third-order valence-electron chi connectivity index (χ3n) is 13.8. The molecule has 0 N–H and O–H groups in total. The first kappa shape index (κ1) is 51.3. The molecule has 8 unspecified atom stereocenters. The van der Waals surface area contributed by atoms with E-state index in [2.05, 4.69) is 181 Å². The number of alkyl halides is 3. The molecule has 3 aliphatic rings. The van der Waals surface area contributed by atoms with Crippen molar-refractivity contribution in [2.24, 2.45) is 53.3 Å². The summed E-state index contributed by atoms with van der Waals surface area (Å²) in [5, 5.41) is 1.13. The monoisotopic (exact) mass is 923 g/mol. The normalized spacial score (nSPS) is 32.3. The minimum absolute atomic E-state index is 0.685. The average molecular weight is 927 g/mol. The van der Waals surface area contributed by atoms with Gasteiger partial charge in [-0.05, 0) is 126 Å². The topological polar surface area (TPSA) is 9.72 Å². The number of likely N-dealkylation sites (tertiary alicyclic amines) is 3. The van der Waals surface area contributed by atoms with Gasteiger partial charge in [-0.15, -0.1) is 0 Å². The second-order valence-electron chi connectivity index (χ2n) is 20.0. The summed E-state index contributed by atoms with van der Waals surface area (Å²) < 4.78 is 0. The largest absolute Gasteiger partial charge is 0.300 e. The van der Waals surface area contributed by atoms with E-state index in [4.69, 9.17) is 0 Å². The Kier molecular flexibility index (Phi) is 25.3. The van der Waals surface area contributed by atoms with Gasteiger partial charge in [0.25, 0.3) is 0 Å². The highest BCUT2D eigenvalue weighted by atomic mass is 79.9. The van der Waals surface area contributed by atoms with E-state index in [-0.39, 0.29) is 0 Å². The standard InChI is InChI=1S/C29H58N2.C12H24BrN.C5H10Br2/c1-19(2)26-15-24(16-27(20(3)4)30(26)10)14-12-13-23(9)25-17-28(21(5)6)31(11)29(18-25)22(7)8;1-8(2)11-6-10(13)7-12(9(3)4)14(11)5;1-5(7)3-2-4-6/h19-29H,12-18H2,1-11H3;8-12H,6-7H2,1-5H3;5H,2-4H2,1H3. The summed E-state index contributed by atoms with van der Waals surface area (Å²) in [5.41, 5.74) is 0. The van der Waals surface area contributed by atoms with Crippen LogP contribution < -0.4 is 0 Å². The van der Waals surface area contributed by atoms with Gasteiger partial charge in [-0.3, -0.25) is 14.7 Å². The maximum Gasteiger partial charge on any atom is 0.0175 e. The van der Waals surface area contributed by atoms with Gasteiger partial charge in [-0.1, -0.05) is 164 Å². The fourth-order valence-corrected chi connectivity index (χ4v) is 11.7. The van der Waals surface area contributed by atoms with Gasteiger partial charge in [0.15, 0.2) is 0 Å². The van der Waals surface area contributed by atoms with Crippen molar-refractivity contribution in [2.75, 3.05) is 26.5 Å². The van der Waals surface area contributed by atoms with Crippen LogP contribution in [-0.2, 0) is 0 Å². The number of nitrogens with zero attached hydrogens (tertiary/aromatic N) is 3. The maximum absolute atomic E-state index is 3.81. The molecule has 0 radical (unpaired) electrons. The van der Waals surface area contributed by atoms with Gasteiger partial charge in [0.05, 0.1) is 0 Å². The Bertz CT molecular complexity index is 853. The molecule has 0 spiro atoms. The van der Waals surface area contributed by atoms with Crippen LogP contribution in [0, 0.1) is 53.3 Å². The van der Waals surface area contributed by atoms with E-state index in [1.165, 1.54) is 70.6 Å². The number of halogens is 3. The Balaban J connectivity index is 0.000000527. The van der Waals surface area contributed by atoms with E-state index in [0.717, 1.165) is 99.7 Å². The van der Waals surface area contributed by atoms with Crippen LogP contribution in [0.15, 0.2) is 0 Å². The van der Waals surface area contributed by atoms with Crippen molar-refractivity contribution in [3.63, 3.8) is 0 Å². The Morgan fingerprint density at radius 3 is 1.10 bits per heavy atom. The number of rotatable bonds is 14. The van der Waals surface area contributed by atoms with Crippen LogP contribution in [0.2, 0.25) is 0 Å². The van der Waals surface area contributed by atoms with Crippen LogP contribution in [0.1, 0.15) is 168 Å². The summed E-state index contributed by atoms with van der Waals surface area (Å²) in [5.74, 6) is 7.34. The van der Waals surface area contributed by atoms with E-state index in [1.54, 1.807) is 0 Å². The van der Waals surface area contributed by atoms with Crippen LogP contribution in [-0.4, -0.2) is 87.1 Å². The zero-order valence-corrected chi connectivity index (χ0v) is 42.5. The highest BCUT2D eigenvalue weighted by Gasteiger charge is 2.39. The molecule has 0 aromatic rings. The number of piperidine rings is 3. The van der Waals surface area contributed by atoms with Crippen LogP contribution in [0.25, 0.3) is 0 Å². The smallest absolute Gasteiger partial charge is 0.0175 e. The molecule has 0 amide bonds. The fraction of sp³-hybridized carbons (Fsp3) is 1.00. The van der Waals surface area contributed by atoms with Crippen molar-refractivity contribution in [2.45, 2.75) is 213 Å². The lowest BCUT2D eigenvalue weighted by atomic mass is 9.72. The van der Waals surface area contributed by atoms with Crippen molar-refractivity contribution < 1.29 is 0 Å². The quantitative estimate of drug-likeness (QED) is 0.161. The molecule has 3 aliphatic heterocycles. The second-order valence-corrected chi connectivity index (χ2v) is 23.7. The minimum Gasteiger partial charge on any atom is -0.300 e. The second kappa shape index (κ2) is 25.6. The molecule has 0 bridgehead atoms. The lowest BCUT2D eigenvalue weighted by Crippen LogP contribution is -2.52. The fourth-order valence-electron chi connectivity index (χ4n) is 10.3. The van der Waals surface area contributed by atoms with Gasteiger partial charge in [0, 0.05) is 51.2 Å². The first-order valence-corrected chi connectivity index (χ1v) is 25.1. The zero-order chi connectivity index (χ0) is 40.0. The van der Waals surface area contributed by atoms with Gasteiger partial charge in [0.2, 0.25) is 0 Å². The van der Waals surface area contributed by atoms with E-state index in [1.807, 2.05) is 0 Å². The van der Waals surface area contributed by atoms with E-state index in [9.17, 15) is 0 Å². The van der Waals surface area contributed by atoms with E-state index in [0.29, 0.717) is 4.83 Å². The average Bonchev–Trinajstić information content (AvgIpc) is 3.05. The van der Waals surface area contributed by atoms with Gasteiger partial charge >= 0.3 is 0 Å². The van der Waals surface area contributed by atoms with Crippen molar-refractivity contribution in [1.82, 2.24) is 14.7 Å². The molecule has 6 heteroatoms. The molecule has 0 saturated carbocycles. The lowest BCUT2D eigenvalue weighted by Gasteiger charge is -2.48. The molecule has 3 nitrogen and oxygen atoms in total. The van der Waals surface area contributed by atoms with Crippen LogP contribution >= 0.6 is 47.8 Å². The molecule has 0 aliphatic carbocycles. The molecule has 52 heavy (non-hydrogen) atoms. The zero-order valence-electron chi connectivity index (χ0n) is 37.8. The molecule has 3 rings (SSSR count). The van der Waals surface area contributed by atoms with Gasteiger partial charge in [-0.2, -0.15) is 0 Å². The van der Waals surface area contributed by atoms with Crippen molar-refractivity contribution in [3.8, 4) is 0 Å². The molecule has 3 saturated heterocycles. The number of hydrogen-bond acceptors (Lipinski definition) is 3. The summed E-state index contributed by atoms with van der Waals surface area (Å²) in [4.78, 5) is 9.47. The van der Waals surface area contributed by atoms with Crippen molar-refractivity contribution >= 4 is 47.8 Å². The number of hydrogen-bond donors (Lipinski definition) is 0. The van der Waals surface area contributed by atoms with Crippen LogP contribution in [0.4, 0.5) is 0 Å². The van der Waals surface area contributed by atoms with Gasteiger partial charge in [-0.25, -0.2) is 0 Å². The third kappa shape index (κ3) is 17.0. The SMILES string of the molecule is CC(Br)CCCBr.CC(C)C1CC(Br)CC(C(C)C)N1C.CC(C)C1CC(CCCC(C)C2CC(C(C)C)N(C)C(C(C)C)C2)CC(C(C)C)N1C. The third-order valence-corrected chi connectivity index (χ3v) is 15.6. The van der Waals surface area contributed by atoms with Gasteiger partial charge < -0.3 is 0 Å². The first-order valence-electron chi connectivity index (χ1n) is 22.1. The molecule has 3 heterocycles. The highest BCUT2D eigenvalue weighted by Crippen LogP contribution is 2.40. The molecule has 0 aromatic heterocycles. The molecular formula is C46H92Br3N3. The van der Waals surface area contributed by atoms with Crippen molar-refractivity contribution in [3.05, 3.63) is 0 Å². The molecule has 8 atom stereocenters. The summed E-state index contributed by atoms with van der Waals surface area (Å²) in [6, 6.07) is 4.58. The van der Waals surface area contributed by atoms with E-state index >= 15 is 0 Å². The van der Waals surface area contributed by atoms with Crippen LogP contribution in [0.3, 0.4) is 0 Å². The summed E-state index contributed by atoms with van der Waals surface area (Å²) >= 11 is 10.6. The summed E-state index contributed by atoms with van der Waals surface area (Å²) in [7, 11) is 7.09. The predicted molar refractivity (Wildman–Crippen MR) is 247 cm³/mol. The van der Waals surface area contributed by atoms with E-state index < -0.39 is 0 Å². The lowest BCUT2D eigenvalue weighted by molar-refractivity contribution is 0.0103. The molecular weight excluding hydrogens is 834 g/mol. The summed E-state index contributed by atoms with van der Waals surface area (Å²) in [6.07, 6.45) is 15.2. The van der Waals surface area contributed by atoms with Crippen molar-refractivity contribution in [1.29, 1.82) is 0 Å². The summed E-state index contributed by atoms with van der Waals surface area (Å²) in [6.45, 7) is 33.5. The maximum atomic E-state index is 3.81. The first-order chi connectivity index (χ1) is 24.1. The predicted octanol–water partition coefficient (Wildman–Crippen LogP) is 14.0. The Morgan fingerprint density at radius 1 is 0.481 bits per heavy atom. The molecule has 3 fully saturated rings. The highest BCUT2D eigenvalue weighted by molar-refractivity contribution is 9.09. The Morgan fingerprint density at radius 2 is 0.808 bits per heavy atom.